The highest BCUT2D eigenvalue weighted by Gasteiger charge is 2.06. The second-order valence-corrected chi connectivity index (χ2v) is 3.36. The van der Waals surface area contributed by atoms with Crippen molar-refractivity contribution >= 4 is 17.3 Å². The van der Waals surface area contributed by atoms with Crippen LogP contribution in [0.5, 0.6) is 11.5 Å². The van der Waals surface area contributed by atoms with Gasteiger partial charge in [0.25, 0.3) is 0 Å². The van der Waals surface area contributed by atoms with Crippen LogP contribution in [0.4, 0.5) is 5.69 Å². The van der Waals surface area contributed by atoms with Crippen LogP contribution in [0, 0.1) is 0 Å². The summed E-state index contributed by atoms with van der Waals surface area (Å²) in [5, 5.41) is 0.485. The maximum Gasteiger partial charge on any atom is 0.168 e. The molecule has 1 aromatic carbocycles. The van der Waals surface area contributed by atoms with E-state index in [9.17, 15) is 0 Å². The number of anilines is 1. The van der Waals surface area contributed by atoms with Crippen LogP contribution >= 0.6 is 11.6 Å². The number of aromatic nitrogens is 1. The van der Waals surface area contributed by atoms with E-state index in [4.69, 9.17) is 22.1 Å². The quantitative estimate of drug-likeness (QED) is 0.792. The lowest BCUT2D eigenvalue weighted by Crippen LogP contribution is -1.92. The van der Waals surface area contributed by atoms with E-state index in [0.29, 0.717) is 22.2 Å². The van der Waals surface area contributed by atoms with Crippen molar-refractivity contribution in [1.29, 1.82) is 0 Å². The molecule has 0 saturated carbocycles. The summed E-state index contributed by atoms with van der Waals surface area (Å²) in [5.74, 6) is 1.07. The third kappa shape index (κ3) is 2.19. The summed E-state index contributed by atoms with van der Waals surface area (Å²) < 4.78 is 5.52. The molecule has 2 aromatic rings. The minimum absolute atomic E-state index is 0.465. The smallest absolute Gasteiger partial charge is 0.168 e. The first-order chi connectivity index (χ1) is 7.27. The number of pyridine rings is 1. The number of nitrogen functional groups attached to an aromatic ring is 1. The summed E-state index contributed by atoms with van der Waals surface area (Å²) in [4.78, 5) is 3.93. The second-order valence-electron chi connectivity index (χ2n) is 2.95. The van der Waals surface area contributed by atoms with E-state index in [0.717, 1.165) is 0 Å². The van der Waals surface area contributed by atoms with Crippen molar-refractivity contribution < 1.29 is 4.74 Å². The number of hydrogen-bond acceptors (Lipinski definition) is 3. The molecule has 2 N–H and O–H groups in total. The predicted molar refractivity (Wildman–Crippen MR) is 60.2 cm³/mol. The number of nitrogens with zero attached hydrogens (tertiary/aromatic N) is 1. The van der Waals surface area contributed by atoms with Crippen LogP contribution in [0.3, 0.4) is 0 Å². The van der Waals surface area contributed by atoms with E-state index in [1.807, 2.05) is 0 Å². The van der Waals surface area contributed by atoms with Crippen molar-refractivity contribution in [2.75, 3.05) is 5.73 Å². The van der Waals surface area contributed by atoms with E-state index in [1.54, 1.807) is 42.7 Å². The Balaban J connectivity index is 2.32. The molecule has 0 radical (unpaired) electrons. The lowest BCUT2D eigenvalue weighted by molar-refractivity contribution is 0.483. The molecule has 0 amide bonds. The minimum Gasteiger partial charge on any atom is -0.452 e. The van der Waals surface area contributed by atoms with Crippen LogP contribution in [0.15, 0.2) is 42.7 Å². The molecule has 0 saturated heterocycles. The van der Waals surface area contributed by atoms with Crippen LogP contribution in [0.25, 0.3) is 0 Å². The van der Waals surface area contributed by atoms with E-state index in [-0.39, 0.29) is 0 Å². The molecule has 3 nitrogen and oxygen atoms in total. The predicted octanol–water partition coefficient (Wildman–Crippen LogP) is 3.11. The lowest BCUT2D eigenvalue weighted by atomic mass is 10.3. The molecular weight excluding hydrogens is 212 g/mol. The Morgan fingerprint density at radius 3 is 2.73 bits per heavy atom. The zero-order chi connectivity index (χ0) is 10.7. The van der Waals surface area contributed by atoms with Gasteiger partial charge in [0.1, 0.15) is 5.75 Å². The monoisotopic (exact) mass is 220 g/mol. The topological polar surface area (TPSA) is 48.1 Å². The zero-order valence-electron chi connectivity index (χ0n) is 7.85. The molecule has 0 spiro atoms. The van der Waals surface area contributed by atoms with Gasteiger partial charge in [0.15, 0.2) is 5.75 Å². The number of halogens is 1. The maximum atomic E-state index is 5.95. The Morgan fingerprint density at radius 2 is 2.07 bits per heavy atom. The number of rotatable bonds is 2. The molecule has 0 atom stereocenters. The van der Waals surface area contributed by atoms with Crippen LogP contribution in [-0.4, -0.2) is 4.98 Å². The van der Waals surface area contributed by atoms with Crippen molar-refractivity contribution in [3.8, 4) is 11.5 Å². The molecule has 15 heavy (non-hydrogen) atoms. The average Bonchev–Trinajstić information content (AvgIpc) is 2.25. The number of hydrogen-bond donors (Lipinski definition) is 1. The Morgan fingerprint density at radius 1 is 1.20 bits per heavy atom. The molecule has 0 bridgehead atoms. The van der Waals surface area contributed by atoms with E-state index in [1.165, 1.54) is 0 Å². The molecule has 4 heteroatoms. The lowest BCUT2D eigenvalue weighted by Gasteiger charge is -2.09. The van der Waals surface area contributed by atoms with Crippen LogP contribution in [-0.2, 0) is 0 Å². The molecule has 1 aromatic heterocycles. The van der Waals surface area contributed by atoms with Gasteiger partial charge in [0.2, 0.25) is 0 Å². The maximum absolute atomic E-state index is 5.95. The Bertz CT molecular complexity index is 439. The molecule has 0 aliphatic heterocycles. The fourth-order valence-corrected chi connectivity index (χ4v) is 1.38. The highest BCUT2D eigenvalue weighted by molar-refractivity contribution is 6.32. The van der Waals surface area contributed by atoms with Crippen molar-refractivity contribution in [3.05, 3.63) is 47.7 Å². The Hall–Kier alpha value is -1.74. The summed E-state index contributed by atoms with van der Waals surface area (Å²) in [6.07, 6.45) is 3.27. The van der Waals surface area contributed by atoms with E-state index < -0.39 is 0 Å². The highest BCUT2D eigenvalue weighted by Crippen LogP contribution is 2.34. The van der Waals surface area contributed by atoms with Crippen molar-refractivity contribution in [2.45, 2.75) is 0 Å². The molecule has 1 heterocycles. The largest absolute Gasteiger partial charge is 0.452 e. The second kappa shape index (κ2) is 4.19. The fraction of sp³-hybridized carbons (Fsp3) is 0. The molecule has 2 rings (SSSR count). The Labute approximate surface area is 92.5 Å². The van der Waals surface area contributed by atoms with Crippen LogP contribution < -0.4 is 10.5 Å². The molecular formula is C11H9ClN2O. The van der Waals surface area contributed by atoms with Gasteiger partial charge >= 0.3 is 0 Å². The third-order valence-electron chi connectivity index (χ3n) is 1.85. The molecule has 76 valence electrons. The standard InChI is InChI=1S/C11H9ClN2O/c12-9-4-1-5-10(13)11(9)15-8-3-2-6-14-7-8/h1-7H,13H2. The number of nitrogens with two attached hydrogens (primary N) is 1. The highest BCUT2D eigenvalue weighted by atomic mass is 35.5. The van der Waals surface area contributed by atoms with Gasteiger partial charge in [-0.15, -0.1) is 0 Å². The van der Waals surface area contributed by atoms with Crippen molar-refractivity contribution in [3.63, 3.8) is 0 Å². The fourth-order valence-electron chi connectivity index (χ4n) is 1.16. The minimum atomic E-state index is 0.465. The van der Waals surface area contributed by atoms with Gasteiger partial charge in [-0.05, 0) is 24.3 Å². The van der Waals surface area contributed by atoms with Crippen LogP contribution in [0.1, 0.15) is 0 Å². The van der Waals surface area contributed by atoms with Crippen molar-refractivity contribution in [1.82, 2.24) is 4.98 Å². The van der Waals surface area contributed by atoms with Gasteiger partial charge < -0.3 is 10.5 Å². The van der Waals surface area contributed by atoms with Gasteiger partial charge in [-0.1, -0.05) is 17.7 Å². The number of benzene rings is 1. The van der Waals surface area contributed by atoms with E-state index >= 15 is 0 Å². The summed E-state index contributed by atoms with van der Waals surface area (Å²) in [7, 11) is 0. The van der Waals surface area contributed by atoms with E-state index in [2.05, 4.69) is 4.98 Å². The summed E-state index contributed by atoms with van der Waals surface area (Å²) >= 11 is 5.95. The van der Waals surface area contributed by atoms with Gasteiger partial charge in [-0.2, -0.15) is 0 Å². The first kappa shape index (κ1) is 9.80. The molecule has 0 fully saturated rings. The van der Waals surface area contributed by atoms with Gasteiger partial charge in [0, 0.05) is 6.20 Å². The number of ether oxygens (including phenoxy) is 1. The summed E-state index contributed by atoms with van der Waals surface area (Å²) in [5.41, 5.74) is 6.25. The summed E-state index contributed by atoms with van der Waals surface area (Å²) in [6, 6.07) is 8.80. The molecule has 0 aliphatic carbocycles. The number of para-hydroxylation sites is 1. The SMILES string of the molecule is Nc1cccc(Cl)c1Oc1cccnc1. The third-order valence-corrected chi connectivity index (χ3v) is 2.15. The van der Waals surface area contributed by atoms with Crippen LogP contribution in [0.2, 0.25) is 5.02 Å². The summed E-state index contributed by atoms with van der Waals surface area (Å²) in [6.45, 7) is 0. The molecule has 0 aliphatic rings. The average molecular weight is 221 g/mol. The zero-order valence-corrected chi connectivity index (χ0v) is 8.61. The van der Waals surface area contributed by atoms with Gasteiger partial charge in [-0.25, -0.2) is 0 Å². The van der Waals surface area contributed by atoms with Gasteiger partial charge in [-0.3, -0.25) is 4.98 Å². The Kier molecular flexibility index (Phi) is 2.74. The van der Waals surface area contributed by atoms with Crippen molar-refractivity contribution in [2.24, 2.45) is 0 Å². The first-order valence-electron chi connectivity index (χ1n) is 4.39. The normalized spacial score (nSPS) is 9.93. The van der Waals surface area contributed by atoms with Gasteiger partial charge in [0.05, 0.1) is 16.9 Å². The molecule has 0 unspecified atom stereocenters. The first-order valence-corrected chi connectivity index (χ1v) is 4.77.